The van der Waals surface area contributed by atoms with Crippen molar-refractivity contribution in [2.24, 2.45) is 0 Å². The van der Waals surface area contributed by atoms with Gasteiger partial charge in [-0.15, -0.1) is 0 Å². The van der Waals surface area contributed by atoms with Crippen molar-refractivity contribution in [2.75, 3.05) is 7.05 Å². The first-order valence-electron chi connectivity index (χ1n) is 3.74. The zero-order chi connectivity index (χ0) is 10.0. The van der Waals surface area contributed by atoms with E-state index in [9.17, 15) is 9.18 Å². The Labute approximate surface area is 84.3 Å². The lowest BCUT2D eigenvalue weighted by Gasteiger charge is -2.04. The second-order valence-electron chi connectivity index (χ2n) is 2.66. The highest BCUT2D eigenvalue weighted by molar-refractivity contribution is 9.10. The second-order valence-corrected chi connectivity index (χ2v) is 3.51. The molecule has 0 aliphatic carbocycles. The number of rotatable bonds is 1. The third kappa shape index (κ3) is 2.06. The molecule has 4 heteroatoms. The van der Waals surface area contributed by atoms with Crippen LogP contribution in [0.1, 0.15) is 15.9 Å². The first-order chi connectivity index (χ1) is 6.06. The highest BCUT2D eigenvalue weighted by atomic mass is 79.9. The summed E-state index contributed by atoms with van der Waals surface area (Å²) >= 11 is 3.20. The van der Waals surface area contributed by atoms with Crippen molar-refractivity contribution in [3.8, 4) is 0 Å². The van der Waals surface area contributed by atoms with Crippen molar-refractivity contribution in [3.63, 3.8) is 0 Å². The van der Waals surface area contributed by atoms with E-state index in [1.165, 1.54) is 13.1 Å². The van der Waals surface area contributed by atoms with Crippen LogP contribution in [0, 0.1) is 12.7 Å². The molecule has 0 saturated carbocycles. The summed E-state index contributed by atoms with van der Waals surface area (Å²) in [5.74, 6) is -0.674. The summed E-state index contributed by atoms with van der Waals surface area (Å²) in [6, 6.07) is 2.80. The van der Waals surface area contributed by atoms with E-state index in [-0.39, 0.29) is 11.7 Å². The standard InChI is InChI=1S/C9H9BrFNO/c1-5-3-7(10)6(4-8(5)11)9(13)12-2/h3-4H,1-2H3,(H,12,13). The smallest absolute Gasteiger partial charge is 0.252 e. The zero-order valence-corrected chi connectivity index (χ0v) is 8.90. The monoisotopic (exact) mass is 245 g/mol. The molecule has 0 radical (unpaired) electrons. The number of aryl methyl sites for hydroxylation is 1. The van der Waals surface area contributed by atoms with Gasteiger partial charge in [-0.3, -0.25) is 4.79 Å². The van der Waals surface area contributed by atoms with Gasteiger partial charge in [0.1, 0.15) is 5.82 Å². The first-order valence-corrected chi connectivity index (χ1v) is 4.53. The summed E-state index contributed by atoms with van der Waals surface area (Å²) in [7, 11) is 1.51. The second kappa shape index (κ2) is 3.87. The number of benzene rings is 1. The van der Waals surface area contributed by atoms with Gasteiger partial charge in [-0.25, -0.2) is 4.39 Å². The summed E-state index contributed by atoms with van der Waals surface area (Å²) in [5.41, 5.74) is 0.824. The van der Waals surface area contributed by atoms with E-state index in [0.717, 1.165) is 0 Å². The number of hydrogen-bond acceptors (Lipinski definition) is 1. The van der Waals surface area contributed by atoms with Crippen molar-refractivity contribution in [1.29, 1.82) is 0 Å². The highest BCUT2D eigenvalue weighted by Crippen LogP contribution is 2.20. The van der Waals surface area contributed by atoms with Gasteiger partial charge in [-0.05, 0) is 40.5 Å². The minimum atomic E-state index is -0.373. The summed E-state index contributed by atoms with van der Waals surface area (Å²) < 4.78 is 13.7. The summed E-state index contributed by atoms with van der Waals surface area (Å²) in [6.45, 7) is 1.65. The third-order valence-electron chi connectivity index (χ3n) is 1.72. The number of amides is 1. The molecule has 0 aliphatic heterocycles. The molecule has 1 aromatic carbocycles. The van der Waals surface area contributed by atoms with Crippen LogP contribution in [0.25, 0.3) is 0 Å². The van der Waals surface area contributed by atoms with Crippen LogP contribution < -0.4 is 5.32 Å². The van der Waals surface area contributed by atoms with E-state index >= 15 is 0 Å². The van der Waals surface area contributed by atoms with Crippen LogP contribution in [0.5, 0.6) is 0 Å². The van der Waals surface area contributed by atoms with E-state index < -0.39 is 0 Å². The van der Waals surface area contributed by atoms with Gasteiger partial charge in [0.2, 0.25) is 0 Å². The molecule has 0 spiro atoms. The van der Waals surface area contributed by atoms with E-state index in [1.54, 1.807) is 13.0 Å². The van der Waals surface area contributed by atoms with Crippen molar-refractivity contribution in [2.45, 2.75) is 6.92 Å². The van der Waals surface area contributed by atoms with Crippen LogP contribution in [-0.4, -0.2) is 13.0 Å². The first kappa shape index (κ1) is 10.2. The molecule has 0 unspecified atom stereocenters. The minimum absolute atomic E-state index is 0.300. The minimum Gasteiger partial charge on any atom is -0.355 e. The van der Waals surface area contributed by atoms with Gasteiger partial charge in [0.25, 0.3) is 5.91 Å². The van der Waals surface area contributed by atoms with Crippen molar-refractivity contribution < 1.29 is 9.18 Å². The molecule has 0 atom stereocenters. The fraction of sp³-hybridized carbons (Fsp3) is 0.222. The Hall–Kier alpha value is -0.900. The fourth-order valence-corrected chi connectivity index (χ4v) is 1.59. The molecule has 1 rings (SSSR count). The maximum Gasteiger partial charge on any atom is 0.252 e. The molecule has 1 aromatic rings. The van der Waals surface area contributed by atoms with Gasteiger partial charge < -0.3 is 5.32 Å². The molecule has 0 aliphatic rings. The number of halogens is 2. The Balaban J connectivity index is 3.23. The molecule has 0 aromatic heterocycles. The van der Waals surface area contributed by atoms with Crippen LogP contribution in [0.3, 0.4) is 0 Å². The van der Waals surface area contributed by atoms with Gasteiger partial charge in [-0.2, -0.15) is 0 Å². The summed E-state index contributed by atoms with van der Waals surface area (Å²) in [4.78, 5) is 11.2. The van der Waals surface area contributed by atoms with Gasteiger partial charge in [0, 0.05) is 11.5 Å². The van der Waals surface area contributed by atoms with Crippen molar-refractivity contribution in [3.05, 3.63) is 33.5 Å². The highest BCUT2D eigenvalue weighted by Gasteiger charge is 2.10. The summed E-state index contributed by atoms with van der Waals surface area (Å²) in [6.07, 6.45) is 0. The van der Waals surface area contributed by atoms with E-state index in [0.29, 0.717) is 15.6 Å². The van der Waals surface area contributed by atoms with Crippen LogP contribution in [0.4, 0.5) is 4.39 Å². The van der Waals surface area contributed by atoms with Gasteiger partial charge in [-0.1, -0.05) is 0 Å². The van der Waals surface area contributed by atoms with E-state index in [1.807, 2.05) is 0 Å². The zero-order valence-electron chi connectivity index (χ0n) is 7.32. The van der Waals surface area contributed by atoms with Crippen LogP contribution in [0.2, 0.25) is 0 Å². The van der Waals surface area contributed by atoms with E-state index in [2.05, 4.69) is 21.2 Å². The van der Waals surface area contributed by atoms with Gasteiger partial charge in [0.15, 0.2) is 0 Å². The van der Waals surface area contributed by atoms with Crippen LogP contribution >= 0.6 is 15.9 Å². The molecule has 0 bridgehead atoms. The largest absolute Gasteiger partial charge is 0.355 e. The molecule has 2 nitrogen and oxygen atoms in total. The van der Waals surface area contributed by atoms with Crippen molar-refractivity contribution in [1.82, 2.24) is 5.32 Å². The van der Waals surface area contributed by atoms with Crippen LogP contribution in [0.15, 0.2) is 16.6 Å². The normalized spacial score (nSPS) is 9.85. The maximum absolute atomic E-state index is 13.1. The Bertz CT molecular complexity index is 352. The molecule has 70 valence electrons. The lowest BCUT2D eigenvalue weighted by Crippen LogP contribution is -2.18. The number of nitrogens with one attached hydrogen (secondary N) is 1. The molecule has 1 amide bonds. The number of carbonyl (C=O) groups excluding carboxylic acids is 1. The maximum atomic E-state index is 13.1. The van der Waals surface area contributed by atoms with Crippen molar-refractivity contribution >= 4 is 21.8 Å². The number of hydrogen-bond donors (Lipinski definition) is 1. The molecular formula is C9H9BrFNO. The molecule has 0 saturated heterocycles. The predicted octanol–water partition coefficient (Wildman–Crippen LogP) is 2.26. The molecule has 1 N–H and O–H groups in total. The Morgan fingerprint density at radius 2 is 2.15 bits per heavy atom. The molecule has 0 fully saturated rings. The lowest BCUT2D eigenvalue weighted by atomic mass is 10.1. The molecule has 0 heterocycles. The number of carbonyl (C=O) groups is 1. The average Bonchev–Trinajstić information content (AvgIpc) is 2.10. The van der Waals surface area contributed by atoms with Gasteiger partial charge in [0.05, 0.1) is 5.56 Å². The van der Waals surface area contributed by atoms with Gasteiger partial charge >= 0.3 is 0 Å². The lowest BCUT2D eigenvalue weighted by molar-refractivity contribution is 0.0962. The Kier molecular flexibility index (Phi) is 3.03. The fourth-order valence-electron chi connectivity index (χ4n) is 0.955. The molecular weight excluding hydrogens is 237 g/mol. The Morgan fingerprint density at radius 1 is 1.54 bits per heavy atom. The third-order valence-corrected chi connectivity index (χ3v) is 2.38. The molecule has 13 heavy (non-hydrogen) atoms. The predicted molar refractivity (Wildman–Crippen MR) is 52.2 cm³/mol. The quantitative estimate of drug-likeness (QED) is 0.809. The van der Waals surface area contributed by atoms with Crippen LogP contribution in [-0.2, 0) is 0 Å². The topological polar surface area (TPSA) is 29.1 Å². The average molecular weight is 246 g/mol. The van der Waals surface area contributed by atoms with E-state index in [4.69, 9.17) is 0 Å². The summed E-state index contributed by atoms with van der Waals surface area (Å²) in [5, 5.41) is 2.43. The Morgan fingerprint density at radius 3 is 2.69 bits per heavy atom. The SMILES string of the molecule is CNC(=O)c1cc(F)c(C)cc1Br.